The number of nitrogens with one attached hydrogen (secondary N) is 1. The molecule has 2 bridgehead atoms. The molecule has 3 aromatic rings. The molecule has 0 radical (unpaired) electrons. The van der Waals surface area contributed by atoms with Gasteiger partial charge in [-0.2, -0.15) is 9.97 Å². The first-order chi connectivity index (χ1) is 18.5. The molecule has 7 rings (SSSR count). The van der Waals surface area contributed by atoms with Crippen molar-refractivity contribution < 1.29 is 9.84 Å². The number of rotatable bonds is 5. The summed E-state index contributed by atoms with van der Waals surface area (Å²) in [5, 5.41) is 16.8. The number of nitrogens with zero attached hydrogens (tertiary/aromatic N) is 5. The minimum atomic E-state index is 0.241. The van der Waals surface area contributed by atoms with Gasteiger partial charge in [0.25, 0.3) is 0 Å². The molecule has 2 aromatic carbocycles. The third-order valence-corrected chi connectivity index (χ3v) is 9.16. The van der Waals surface area contributed by atoms with E-state index in [1.165, 1.54) is 24.8 Å². The average molecular weight is 535 g/mol. The number of hydrogen-bond donors (Lipinski definition) is 2. The fourth-order valence-corrected chi connectivity index (χ4v) is 7.12. The van der Waals surface area contributed by atoms with Crippen LogP contribution in [0.3, 0.4) is 0 Å². The molecule has 3 atom stereocenters. The van der Waals surface area contributed by atoms with Crippen molar-refractivity contribution in [1.82, 2.24) is 20.2 Å². The number of likely N-dealkylation sites (tertiary alicyclic amines) is 1. The van der Waals surface area contributed by atoms with Gasteiger partial charge in [0.2, 0.25) is 0 Å². The lowest BCUT2D eigenvalue weighted by Gasteiger charge is -2.37. The number of hydrogen-bond acceptors (Lipinski definition) is 8. The van der Waals surface area contributed by atoms with Crippen LogP contribution in [-0.2, 0) is 13.0 Å². The number of aromatic hydroxyl groups is 1. The molecule has 2 N–H and O–H groups in total. The fraction of sp³-hybridized carbons (Fsp3) is 0.517. The second kappa shape index (κ2) is 9.74. The third kappa shape index (κ3) is 4.42. The van der Waals surface area contributed by atoms with Gasteiger partial charge in [-0.1, -0.05) is 23.7 Å². The molecule has 4 aliphatic rings. The Morgan fingerprint density at radius 1 is 1.08 bits per heavy atom. The molecular formula is C29H35ClN6O2. The lowest BCUT2D eigenvalue weighted by Crippen LogP contribution is -2.52. The molecule has 0 spiro atoms. The van der Waals surface area contributed by atoms with Gasteiger partial charge >= 0.3 is 6.01 Å². The summed E-state index contributed by atoms with van der Waals surface area (Å²) < 4.78 is 6.29. The first-order valence-electron chi connectivity index (χ1n) is 13.9. The summed E-state index contributed by atoms with van der Waals surface area (Å²) in [6, 6.07) is 11.4. The number of ether oxygens (including phenoxy) is 1. The Kier molecular flexibility index (Phi) is 6.21. The maximum Gasteiger partial charge on any atom is 0.318 e. The van der Waals surface area contributed by atoms with Crippen LogP contribution in [0.15, 0.2) is 30.3 Å². The van der Waals surface area contributed by atoms with Crippen LogP contribution in [-0.4, -0.2) is 77.9 Å². The highest BCUT2D eigenvalue weighted by molar-refractivity contribution is 6.36. The molecule has 8 nitrogen and oxygen atoms in total. The predicted octanol–water partition coefficient (Wildman–Crippen LogP) is 3.97. The van der Waals surface area contributed by atoms with E-state index in [9.17, 15) is 5.11 Å². The van der Waals surface area contributed by atoms with Crippen LogP contribution in [0.25, 0.3) is 10.8 Å². The van der Waals surface area contributed by atoms with E-state index < -0.39 is 0 Å². The van der Waals surface area contributed by atoms with E-state index in [0.29, 0.717) is 42.3 Å². The van der Waals surface area contributed by atoms with Crippen LogP contribution in [0, 0.1) is 0 Å². The molecule has 0 aliphatic carbocycles. The van der Waals surface area contributed by atoms with E-state index >= 15 is 0 Å². The van der Waals surface area contributed by atoms with Crippen LogP contribution in [0.5, 0.6) is 11.8 Å². The van der Waals surface area contributed by atoms with Gasteiger partial charge in [-0.3, -0.25) is 0 Å². The van der Waals surface area contributed by atoms with Crippen molar-refractivity contribution in [3.63, 3.8) is 0 Å². The predicted molar refractivity (Wildman–Crippen MR) is 151 cm³/mol. The molecule has 9 heteroatoms. The van der Waals surface area contributed by atoms with E-state index in [4.69, 9.17) is 26.3 Å². The SMILES string of the molecule is CN1CCC[C@H]1COc1nc2c(c(N3C[C@H]4CC[C@@H](C3)N4)n1)CCN(c1cc(O)cc3cccc(Cl)c13)C2. The van der Waals surface area contributed by atoms with E-state index in [0.717, 1.165) is 67.0 Å². The number of halogens is 1. The first-order valence-corrected chi connectivity index (χ1v) is 14.3. The van der Waals surface area contributed by atoms with E-state index in [1.807, 2.05) is 24.3 Å². The lowest BCUT2D eigenvalue weighted by atomic mass is 10.0. The minimum absolute atomic E-state index is 0.241. The van der Waals surface area contributed by atoms with Crippen molar-refractivity contribution in [2.45, 2.75) is 56.8 Å². The highest BCUT2D eigenvalue weighted by Gasteiger charge is 2.35. The summed E-state index contributed by atoms with van der Waals surface area (Å²) >= 11 is 6.66. The standard InChI is InChI=1S/C29H35ClN6O2/c1-34-10-3-5-21(34)17-38-29-32-25-16-35(26-13-22(37)12-18-4-2-6-24(30)27(18)26)11-9-23(25)28(33-29)36-14-19-7-8-20(15-36)31-19/h2,4,6,12-13,19-21,31,37H,3,5,7-11,14-17H2,1H3/t19-,20+,21-/m0/s1. The zero-order valence-corrected chi connectivity index (χ0v) is 22.6. The molecule has 4 aliphatic heterocycles. The van der Waals surface area contributed by atoms with Crippen LogP contribution < -0.4 is 19.9 Å². The Bertz CT molecular complexity index is 1360. The lowest BCUT2D eigenvalue weighted by molar-refractivity contribution is 0.187. The van der Waals surface area contributed by atoms with Gasteiger partial charge in [0.15, 0.2) is 0 Å². The quantitative estimate of drug-likeness (QED) is 0.509. The van der Waals surface area contributed by atoms with E-state index in [1.54, 1.807) is 6.07 Å². The number of benzene rings is 2. The van der Waals surface area contributed by atoms with Crippen LogP contribution in [0.1, 0.15) is 36.9 Å². The number of fused-ring (bicyclic) bond motifs is 4. The highest BCUT2D eigenvalue weighted by Crippen LogP contribution is 2.39. The van der Waals surface area contributed by atoms with Gasteiger partial charge in [0.1, 0.15) is 18.2 Å². The Balaban J connectivity index is 1.24. The summed E-state index contributed by atoms with van der Waals surface area (Å²) in [5.41, 5.74) is 3.17. The van der Waals surface area contributed by atoms with Gasteiger partial charge in [0.05, 0.1) is 22.9 Å². The molecule has 1 aromatic heterocycles. The average Bonchev–Trinajstić information content (AvgIpc) is 3.49. The van der Waals surface area contributed by atoms with Crippen LogP contribution in [0.4, 0.5) is 11.5 Å². The van der Waals surface area contributed by atoms with Crippen molar-refractivity contribution in [3.8, 4) is 11.8 Å². The second-order valence-electron chi connectivity index (χ2n) is 11.4. The smallest absolute Gasteiger partial charge is 0.318 e. The molecule has 5 heterocycles. The first kappa shape index (κ1) is 24.2. The fourth-order valence-electron chi connectivity index (χ4n) is 6.84. The maximum atomic E-state index is 10.5. The maximum absolute atomic E-state index is 10.5. The summed E-state index contributed by atoms with van der Waals surface area (Å²) in [6.45, 7) is 5.09. The Hall–Kier alpha value is -2.81. The summed E-state index contributed by atoms with van der Waals surface area (Å²) in [5.74, 6) is 1.28. The minimum Gasteiger partial charge on any atom is -0.508 e. The van der Waals surface area contributed by atoms with Gasteiger partial charge < -0.3 is 29.9 Å². The molecule has 0 amide bonds. The molecule has 38 heavy (non-hydrogen) atoms. The van der Waals surface area contributed by atoms with Crippen molar-refractivity contribution >= 4 is 33.9 Å². The van der Waals surface area contributed by atoms with Crippen molar-refractivity contribution in [1.29, 1.82) is 0 Å². The summed E-state index contributed by atoms with van der Waals surface area (Å²) in [4.78, 5) is 17.1. The molecule has 3 saturated heterocycles. The van der Waals surface area contributed by atoms with Crippen LogP contribution >= 0.6 is 11.6 Å². The van der Waals surface area contributed by atoms with Crippen LogP contribution in [0.2, 0.25) is 5.02 Å². The molecule has 3 fully saturated rings. The van der Waals surface area contributed by atoms with Crippen molar-refractivity contribution in [2.75, 3.05) is 49.6 Å². The molecule has 0 unspecified atom stereocenters. The number of phenols is 1. The Morgan fingerprint density at radius 2 is 1.92 bits per heavy atom. The van der Waals surface area contributed by atoms with Crippen molar-refractivity contribution in [2.24, 2.45) is 0 Å². The van der Waals surface area contributed by atoms with Gasteiger partial charge in [-0.15, -0.1) is 0 Å². The summed E-state index contributed by atoms with van der Waals surface area (Å²) in [6.07, 6.45) is 5.64. The number of phenolic OH excluding ortho intramolecular Hbond substituents is 1. The topological polar surface area (TPSA) is 77.0 Å². The zero-order chi connectivity index (χ0) is 25.8. The largest absolute Gasteiger partial charge is 0.508 e. The second-order valence-corrected chi connectivity index (χ2v) is 11.8. The number of piperazine rings is 1. The highest BCUT2D eigenvalue weighted by atomic mass is 35.5. The van der Waals surface area contributed by atoms with Gasteiger partial charge in [0, 0.05) is 54.8 Å². The number of aromatic nitrogens is 2. The monoisotopic (exact) mass is 534 g/mol. The molecule has 200 valence electrons. The zero-order valence-electron chi connectivity index (χ0n) is 21.9. The van der Waals surface area contributed by atoms with E-state index in [2.05, 4.69) is 27.1 Å². The number of anilines is 2. The molecular weight excluding hydrogens is 500 g/mol. The number of likely N-dealkylation sites (N-methyl/N-ethyl adjacent to an activating group) is 1. The third-order valence-electron chi connectivity index (χ3n) is 8.85. The summed E-state index contributed by atoms with van der Waals surface area (Å²) in [7, 11) is 2.17. The van der Waals surface area contributed by atoms with Gasteiger partial charge in [-0.25, -0.2) is 0 Å². The normalized spacial score (nSPS) is 25.3. The van der Waals surface area contributed by atoms with E-state index in [-0.39, 0.29) is 5.75 Å². The van der Waals surface area contributed by atoms with Gasteiger partial charge in [-0.05, 0) is 63.2 Å². The Labute approximate surface area is 228 Å². The van der Waals surface area contributed by atoms with Crippen molar-refractivity contribution in [3.05, 3.63) is 46.6 Å². The molecule has 0 saturated carbocycles. The Morgan fingerprint density at radius 3 is 2.71 bits per heavy atom.